The predicted molar refractivity (Wildman–Crippen MR) is 83.0 cm³/mol. The molecule has 1 aromatic rings. The van der Waals surface area contributed by atoms with E-state index in [0.29, 0.717) is 12.3 Å². The van der Waals surface area contributed by atoms with Gasteiger partial charge < -0.3 is 20.3 Å². The van der Waals surface area contributed by atoms with E-state index in [2.05, 4.69) is 4.90 Å². The summed E-state index contributed by atoms with van der Waals surface area (Å²) in [6.45, 7) is 4.36. The molecule has 0 heterocycles. The van der Waals surface area contributed by atoms with Crippen molar-refractivity contribution in [2.45, 2.75) is 19.8 Å². The van der Waals surface area contributed by atoms with Gasteiger partial charge in [0.15, 0.2) is 11.6 Å². The van der Waals surface area contributed by atoms with Crippen molar-refractivity contribution in [3.05, 3.63) is 17.9 Å². The van der Waals surface area contributed by atoms with Gasteiger partial charge in [-0.2, -0.15) is 0 Å². The average Bonchev–Trinajstić information content (AvgIpc) is 2.37. The largest absolute Gasteiger partial charge is 0.490 e. The molecule has 0 saturated carbocycles. The molecule has 0 aromatic heterocycles. The molecule has 5 heteroatoms. The summed E-state index contributed by atoms with van der Waals surface area (Å²) in [5, 5.41) is 0. The molecule has 4 nitrogen and oxygen atoms in total. The van der Waals surface area contributed by atoms with Crippen LogP contribution in [0.5, 0.6) is 5.75 Å². The normalized spacial score (nSPS) is 10.9. The molecule has 0 atom stereocenters. The van der Waals surface area contributed by atoms with Gasteiger partial charge in [0, 0.05) is 25.7 Å². The van der Waals surface area contributed by atoms with E-state index in [1.165, 1.54) is 6.07 Å². The lowest BCUT2D eigenvalue weighted by molar-refractivity contribution is 0.301. The fraction of sp³-hybridized carbons (Fsp3) is 0.600. The van der Waals surface area contributed by atoms with Crippen molar-refractivity contribution in [2.75, 3.05) is 51.5 Å². The molecule has 0 spiro atoms. The molecule has 114 valence electrons. The highest BCUT2D eigenvalue weighted by Crippen LogP contribution is 2.30. The second kappa shape index (κ2) is 7.94. The van der Waals surface area contributed by atoms with Gasteiger partial charge in [-0.05, 0) is 33.5 Å². The molecule has 1 aromatic carbocycles. The number of nitrogens with zero attached hydrogens (tertiary/aromatic N) is 2. The van der Waals surface area contributed by atoms with Gasteiger partial charge in [-0.25, -0.2) is 4.39 Å². The van der Waals surface area contributed by atoms with Crippen molar-refractivity contribution in [3.63, 3.8) is 0 Å². The molecular weight excluding hydrogens is 257 g/mol. The SMILES string of the molecule is CCCOc1cc(N(C)CCCN(C)C)c(N)cc1F. The monoisotopic (exact) mass is 283 g/mol. The Labute approximate surface area is 121 Å². The maximum Gasteiger partial charge on any atom is 0.167 e. The number of ether oxygens (including phenoxy) is 1. The lowest BCUT2D eigenvalue weighted by Crippen LogP contribution is -2.24. The molecular formula is C15H26FN3O. The molecule has 0 aliphatic carbocycles. The third kappa shape index (κ3) is 4.89. The second-order valence-corrected chi connectivity index (χ2v) is 5.27. The van der Waals surface area contributed by atoms with E-state index >= 15 is 0 Å². The van der Waals surface area contributed by atoms with Gasteiger partial charge in [-0.1, -0.05) is 6.92 Å². The number of anilines is 2. The molecule has 0 unspecified atom stereocenters. The molecule has 0 fully saturated rings. The van der Waals surface area contributed by atoms with Crippen LogP contribution in [-0.4, -0.2) is 45.7 Å². The first-order chi connectivity index (χ1) is 9.45. The topological polar surface area (TPSA) is 41.7 Å². The molecule has 2 N–H and O–H groups in total. The molecule has 1 rings (SSSR count). The molecule has 20 heavy (non-hydrogen) atoms. The Morgan fingerprint density at radius 2 is 1.90 bits per heavy atom. The molecule has 0 bridgehead atoms. The molecule has 0 saturated heterocycles. The van der Waals surface area contributed by atoms with Crippen molar-refractivity contribution in [3.8, 4) is 5.75 Å². The van der Waals surface area contributed by atoms with Crippen LogP contribution in [0, 0.1) is 5.82 Å². The van der Waals surface area contributed by atoms with Gasteiger partial charge in [0.05, 0.1) is 18.0 Å². The minimum atomic E-state index is -0.401. The Kier molecular flexibility index (Phi) is 6.58. The van der Waals surface area contributed by atoms with Gasteiger partial charge in [0.25, 0.3) is 0 Å². The standard InChI is InChI=1S/C15H26FN3O/c1-5-9-20-15-11-14(13(17)10-12(15)16)19(4)8-6-7-18(2)3/h10-11H,5-9,17H2,1-4H3. The molecule has 0 aliphatic rings. The first kappa shape index (κ1) is 16.6. The molecule has 0 radical (unpaired) electrons. The van der Waals surface area contributed by atoms with Crippen LogP contribution in [0.4, 0.5) is 15.8 Å². The lowest BCUT2D eigenvalue weighted by atomic mass is 10.2. The van der Waals surface area contributed by atoms with E-state index in [0.717, 1.165) is 31.6 Å². The second-order valence-electron chi connectivity index (χ2n) is 5.27. The van der Waals surface area contributed by atoms with Crippen LogP contribution in [0.25, 0.3) is 0 Å². The summed E-state index contributed by atoms with van der Waals surface area (Å²) in [6, 6.07) is 3.03. The lowest BCUT2D eigenvalue weighted by Gasteiger charge is -2.23. The van der Waals surface area contributed by atoms with Crippen LogP contribution in [0.2, 0.25) is 0 Å². The number of hydrogen-bond acceptors (Lipinski definition) is 4. The van der Waals surface area contributed by atoms with Crippen LogP contribution in [-0.2, 0) is 0 Å². The van der Waals surface area contributed by atoms with Crippen LogP contribution >= 0.6 is 0 Å². The zero-order valence-corrected chi connectivity index (χ0v) is 12.9. The molecule has 0 amide bonds. The zero-order chi connectivity index (χ0) is 15.1. The number of benzene rings is 1. The van der Waals surface area contributed by atoms with Crippen LogP contribution < -0.4 is 15.4 Å². The van der Waals surface area contributed by atoms with Gasteiger partial charge in [-0.3, -0.25) is 0 Å². The number of hydrogen-bond donors (Lipinski definition) is 1. The highest BCUT2D eigenvalue weighted by atomic mass is 19.1. The minimum absolute atomic E-state index is 0.274. The first-order valence-corrected chi connectivity index (χ1v) is 7.03. The summed E-state index contributed by atoms with van der Waals surface area (Å²) in [5.74, 6) is -0.128. The summed E-state index contributed by atoms with van der Waals surface area (Å²) in [7, 11) is 6.05. The van der Waals surface area contributed by atoms with E-state index in [1.54, 1.807) is 6.07 Å². The van der Waals surface area contributed by atoms with Crippen molar-refractivity contribution in [2.24, 2.45) is 0 Å². The van der Waals surface area contributed by atoms with Crippen molar-refractivity contribution in [1.82, 2.24) is 4.90 Å². The van der Waals surface area contributed by atoms with Crippen LogP contribution in [0.1, 0.15) is 19.8 Å². The van der Waals surface area contributed by atoms with Gasteiger partial charge in [0.2, 0.25) is 0 Å². The summed E-state index contributed by atoms with van der Waals surface area (Å²) in [4.78, 5) is 4.18. The van der Waals surface area contributed by atoms with E-state index < -0.39 is 5.82 Å². The molecule has 0 aliphatic heterocycles. The zero-order valence-electron chi connectivity index (χ0n) is 12.9. The van der Waals surface area contributed by atoms with Crippen LogP contribution in [0.15, 0.2) is 12.1 Å². The Bertz CT molecular complexity index is 424. The Balaban J connectivity index is 2.76. The first-order valence-electron chi connectivity index (χ1n) is 7.03. The van der Waals surface area contributed by atoms with E-state index in [4.69, 9.17) is 10.5 Å². The quantitative estimate of drug-likeness (QED) is 0.745. The number of nitrogen functional groups attached to an aromatic ring is 1. The fourth-order valence-corrected chi connectivity index (χ4v) is 1.96. The van der Waals surface area contributed by atoms with Crippen molar-refractivity contribution in [1.29, 1.82) is 0 Å². The highest BCUT2D eigenvalue weighted by Gasteiger charge is 2.12. The van der Waals surface area contributed by atoms with Gasteiger partial charge in [0.1, 0.15) is 0 Å². The summed E-state index contributed by atoms with van der Waals surface area (Å²) < 4.78 is 19.2. The third-order valence-corrected chi connectivity index (χ3v) is 3.05. The van der Waals surface area contributed by atoms with E-state index in [-0.39, 0.29) is 5.75 Å². The van der Waals surface area contributed by atoms with Crippen molar-refractivity contribution < 1.29 is 9.13 Å². The maximum absolute atomic E-state index is 13.7. The minimum Gasteiger partial charge on any atom is -0.490 e. The fourth-order valence-electron chi connectivity index (χ4n) is 1.96. The highest BCUT2D eigenvalue weighted by molar-refractivity contribution is 5.69. The smallest absolute Gasteiger partial charge is 0.167 e. The van der Waals surface area contributed by atoms with Crippen LogP contribution in [0.3, 0.4) is 0 Å². The van der Waals surface area contributed by atoms with E-state index in [1.807, 2.05) is 33.0 Å². The summed E-state index contributed by atoms with van der Waals surface area (Å²) >= 11 is 0. The number of rotatable bonds is 8. The van der Waals surface area contributed by atoms with E-state index in [9.17, 15) is 4.39 Å². The Morgan fingerprint density at radius 3 is 2.50 bits per heavy atom. The maximum atomic E-state index is 13.7. The summed E-state index contributed by atoms with van der Waals surface area (Å²) in [5.41, 5.74) is 7.16. The summed E-state index contributed by atoms with van der Waals surface area (Å²) in [6.07, 6.45) is 1.86. The Morgan fingerprint density at radius 1 is 1.20 bits per heavy atom. The predicted octanol–water partition coefficient (Wildman–Crippen LogP) is 2.58. The average molecular weight is 283 g/mol. The Hall–Kier alpha value is -1.49. The third-order valence-electron chi connectivity index (χ3n) is 3.05. The van der Waals surface area contributed by atoms with Gasteiger partial charge >= 0.3 is 0 Å². The number of nitrogens with two attached hydrogens (primary N) is 1. The number of halogens is 1. The van der Waals surface area contributed by atoms with Gasteiger partial charge in [-0.15, -0.1) is 0 Å². The van der Waals surface area contributed by atoms with Crippen molar-refractivity contribution >= 4 is 11.4 Å².